The fourth-order valence-corrected chi connectivity index (χ4v) is 1.33. The van der Waals surface area contributed by atoms with E-state index in [0.29, 0.717) is 0 Å². The van der Waals surface area contributed by atoms with Gasteiger partial charge in [-0.3, -0.25) is 10.1 Å². The van der Waals surface area contributed by atoms with Gasteiger partial charge in [-0.2, -0.15) is 0 Å². The van der Waals surface area contributed by atoms with Gasteiger partial charge in [-0.15, -0.1) is 0 Å². The Hall–Kier alpha value is -2.14. The molecule has 1 rings (SSSR count). The summed E-state index contributed by atoms with van der Waals surface area (Å²) in [4.78, 5) is 21.2. The first-order chi connectivity index (χ1) is 8.54. The molecule has 0 aromatic heterocycles. The minimum atomic E-state index is -0.611. The van der Waals surface area contributed by atoms with Gasteiger partial charge in [0.05, 0.1) is 4.92 Å². The van der Waals surface area contributed by atoms with E-state index in [1.165, 1.54) is 30.4 Å². The van der Waals surface area contributed by atoms with E-state index in [0.717, 1.165) is 0 Å². The number of nitro groups is 1. The topological polar surface area (TPSA) is 69.4 Å². The molecule has 0 aliphatic heterocycles. The van der Waals surface area contributed by atoms with Gasteiger partial charge in [0.2, 0.25) is 0 Å². The van der Waals surface area contributed by atoms with Gasteiger partial charge in [0.25, 0.3) is 5.69 Å². The van der Waals surface area contributed by atoms with Crippen molar-refractivity contribution < 1.29 is 14.5 Å². The van der Waals surface area contributed by atoms with Crippen molar-refractivity contribution in [1.29, 1.82) is 0 Å². The Labute approximate surface area is 108 Å². The van der Waals surface area contributed by atoms with Crippen molar-refractivity contribution in [3.63, 3.8) is 0 Å². The van der Waals surface area contributed by atoms with Crippen LogP contribution in [0, 0.1) is 10.1 Å². The van der Waals surface area contributed by atoms with Crippen LogP contribution in [0.2, 0.25) is 5.02 Å². The average Bonchev–Trinajstić information content (AvgIpc) is 2.28. The minimum absolute atomic E-state index is 0.0808. The highest BCUT2D eigenvalue weighted by Crippen LogP contribution is 2.28. The lowest BCUT2D eigenvalue weighted by atomic mass is 10.3. The van der Waals surface area contributed by atoms with Gasteiger partial charge < -0.3 is 4.74 Å². The number of nitrogens with zero attached hydrogens (tertiary/aromatic N) is 1. The van der Waals surface area contributed by atoms with Crippen LogP contribution >= 0.6 is 11.6 Å². The SMILES string of the molecule is C/C=C/C=C/C(=O)Oc1ccc([N+](=O)[O-])c(Cl)c1. The lowest BCUT2D eigenvalue weighted by molar-refractivity contribution is -0.384. The molecule has 0 atom stereocenters. The molecule has 0 heterocycles. The second-order valence-corrected chi connectivity index (χ2v) is 3.58. The van der Waals surface area contributed by atoms with Crippen molar-refractivity contribution in [3.05, 3.63) is 57.6 Å². The number of benzene rings is 1. The molecule has 0 saturated carbocycles. The molecule has 1 aromatic rings. The zero-order chi connectivity index (χ0) is 13.5. The highest BCUT2D eigenvalue weighted by atomic mass is 35.5. The summed E-state index contributed by atoms with van der Waals surface area (Å²) >= 11 is 5.67. The number of hydrogen-bond acceptors (Lipinski definition) is 4. The molecule has 0 spiro atoms. The largest absolute Gasteiger partial charge is 0.423 e. The van der Waals surface area contributed by atoms with E-state index in [-0.39, 0.29) is 16.5 Å². The molecule has 0 unspecified atom stereocenters. The maximum Gasteiger partial charge on any atom is 0.336 e. The van der Waals surface area contributed by atoms with Crippen LogP contribution in [-0.4, -0.2) is 10.9 Å². The molecule has 0 aliphatic rings. The summed E-state index contributed by atoms with van der Waals surface area (Å²) in [6.45, 7) is 1.81. The Morgan fingerprint density at radius 3 is 2.72 bits per heavy atom. The Morgan fingerprint density at radius 2 is 2.17 bits per heavy atom. The summed E-state index contributed by atoms with van der Waals surface area (Å²) < 4.78 is 4.91. The van der Waals surface area contributed by atoms with E-state index in [4.69, 9.17) is 16.3 Å². The molecule has 0 bridgehead atoms. The molecular weight excluding hydrogens is 258 g/mol. The van der Waals surface area contributed by atoms with Crippen molar-refractivity contribution in [1.82, 2.24) is 0 Å². The second kappa shape index (κ2) is 6.56. The average molecular weight is 268 g/mol. The first-order valence-electron chi connectivity index (χ1n) is 4.99. The number of carbonyl (C=O) groups is 1. The van der Waals surface area contributed by atoms with E-state index in [1.807, 2.05) is 6.92 Å². The number of hydrogen-bond donors (Lipinski definition) is 0. The lowest BCUT2D eigenvalue weighted by Gasteiger charge is -2.01. The smallest absolute Gasteiger partial charge is 0.336 e. The van der Waals surface area contributed by atoms with Gasteiger partial charge >= 0.3 is 5.97 Å². The van der Waals surface area contributed by atoms with Gasteiger partial charge in [-0.05, 0) is 13.0 Å². The number of ether oxygens (including phenoxy) is 1. The lowest BCUT2D eigenvalue weighted by Crippen LogP contribution is -2.03. The van der Waals surface area contributed by atoms with Gasteiger partial charge in [0.1, 0.15) is 10.8 Å². The summed E-state index contributed by atoms with van der Waals surface area (Å²) in [6, 6.07) is 3.72. The van der Waals surface area contributed by atoms with Crippen molar-refractivity contribution in [3.8, 4) is 5.75 Å². The molecule has 0 N–H and O–H groups in total. The molecule has 18 heavy (non-hydrogen) atoms. The number of esters is 1. The van der Waals surface area contributed by atoms with Crippen LogP contribution in [0.15, 0.2) is 42.5 Å². The molecule has 0 saturated heterocycles. The van der Waals surface area contributed by atoms with Gasteiger partial charge in [0.15, 0.2) is 0 Å². The molecule has 94 valence electrons. The predicted molar refractivity (Wildman–Crippen MR) is 67.7 cm³/mol. The van der Waals surface area contributed by atoms with Crippen LogP contribution in [-0.2, 0) is 4.79 Å². The maximum atomic E-state index is 11.3. The zero-order valence-electron chi connectivity index (χ0n) is 9.50. The fourth-order valence-electron chi connectivity index (χ4n) is 1.09. The molecule has 0 aliphatic carbocycles. The van der Waals surface area contributed by atoms with Crippen molar-refractivity contribution >= 4 is 23.3 Å². The van der Waals surface area contributed by atoms with Gasteiger partial charge in [-0.25, -0.2) is 4.79 Å². The van der Waals surface area contributed by atoms with Gasteiger partial charge in [-0.1, -0.05) is 29.8 Å². The van der Waals surface area contributed by atoms with E-state index < -0.39 is 10.9 Å². The van der Waals surface area contributed by atoms with Gasteiger partial charge in [0, 0.05) is 18.2 Å². The Kier molecular flexibility index (Phi) is 5.07. The molecule has 0 fully saturated rings. The highest BCUT2D eigenvalue weighted by molar-refractivity contribution is 6.32. The number of carbonyl (C=O) groups excluding carboxylic acids is 1. The normalized spacial score (nSPS) is 11.0. The first-order valence-corrected chi connectivity index (χ1v) is 5.37. The maximum absolute atomic E-state index is 11.3. The third-order valence-electron chi connectivity index (χ3n) is 1.87. The quantitative estimate of drug-likeness (QED) is 0.210. The first kappa shape index (κ1) is 13.9. The minimum Gasteiger partial charge on any atom is -0.423 e. The van der Waals surface area contributed by atoms with Crippen molar-refractivity contribution in [2.24, 2.45) is 0 Å². The molecule has 1 aromatic carbocycles. The molecule has 0 radical (unpaired) electrons. The summed E-state index contributed by atoms with van der Waals surface area (Å²) in [5.41, 5.74) is -0.235. The van der Waals surface area contributed by atoms with Crippen LogP contribution in [0.3, 0.4) is 0 Å². The van der Waals surface area contributed by atoms with Crippen LogP contribution in [0.25, 0.3) is 0 Å². The number of allylic oxidation sites excluding steroid dienone is 3. The predicted octanol–water partition coefficient (Wildman–Crippen LogP) is 3.29. The Balaban J connectivity index is 2.77. The fraction of sp³-hybridized carbons (Fsp3) is 0.0833. The van der Waals surface area contributed by atoms with Crippen LogP contribution < -0.4 is 4.74 Å². The number of halogens is 1. The third kappa shape index (κ3) is 4.03. The summed E-state index contributed by atoms with van der Waals surface area (Å²) in [5.74, 6) is -0.432. The van der Waals surface area contributed by atoms with Crippen LogP contribution in [0.1, 0.15) is 6.92 Å². The molecule has 0 amide bonds. The highest BCUT2D eigenvalue weighted by Gasteiger charge is 2.13. The van der Waals surface area contributed by atoms with Crippen LogP contribution in [0.4, 0.5) is 5.69 Å². The van der Waals surface area contributed by atoms with Crippen LogP contribution in [0.5, 0.6) is 5.75 Å². The zero-order valence-corrected chi connectivity index (χ0v) is 10.3. The summed E-state index contributed by atoms with van der Waals surface area (Å²) in [7, 11) is 0. The third-order valence-corrected chi connectivity index (χ3v) is 2.17. The molecule has 6 heteroatoms. The summed E-state index contributed by atoms with van der Waals surface area (Å²) in [5, 5.41) is 10.4. The monoisotopic (exact) mass is 267 g/mol. The Morgan fingerprint density at radius 1 is 1.44 bits per heavy atom. The summed E-state index contributed by atoms with van der Waals surface area (Å²) in [6.07, 6.45) is 6.18. The van der Waals surface area contributed by atoms with E-state index >= 15 is 0 Å². The van der Waals surface area contributed by atoms with E-state index in [1.54, 1.807) is 12.2 Å². The molecule has 5 nitrogen and oxygen atoms in total. The van der Waals surface area contributed by atoms with Crippen molar-refractivity contribution in [2.75, 3.05) is 0 Å². The standard InChI is InChI=1S/C12H10ClNO4/c1-2-3-4-5-12(15)18-9-6-7-11(14(16)17)10(13)8-9/h2-8H,1H3/b3-2+,5-4+. The van der Waals surface area contributed by atoms with E-state index in [9.17, 15) is 14.9 Å². The van der Waals surface area contributed by atoms with E-state index in [2.05, 4.69) is 0 Å². The number of nitro benzene ring substituents is 1. The number of rotatable bonds is 4. The van der Waals surface area contributed by atoms with Crippen molar-refractivity contribution in [2.45, 2.75) is 6.92 Å². The second-order valence-electron chi connectivity index (χ2n) is 3.18. The molecular formula is C12H10ClNO4. The Bertz CT molecular complexity index is 523.